The summed E-state index contributed by atoms with van der Waals surface area (Å²) in [7, 11) is 0. The second-order valence-electron chi connectivity index (χ2n) is 9.12. The van der Waals surface area contributed by atoms with E-state index in [2.05, 4.69) is 20.0 Å². The number of rotatable bonds is 7. The third kappa shape index (κ3) is 4.64. The molecule has 4 aliphatic carbocycles. The molecular formula is C22H26N4O2S3. The maximum atomic E-state index is 13.3. The summed E-state index contributed by atoms with van der Waals surface area (Å²) in [6.07, 6.45) is 9.02. The number of nitrogens with zero attached hydrogens (tertiary/aromatic N) is 2. The lowest BCUT2D eigenvalue weighted by atomic mass is 9.49. The van der Waals surface area contributed by atoms with E-state index >= 15 is 0 Å². The molecule has 1 heterocycles. The lowest BCUT2D eigenvalue weighted by Gasteiger charge is -2.55. The summed E-state index contributed by atoms with van der Waals surface area (Å²) in [5.74, 6) is 2.55. The monoisotopic (exact) mass is 474 g/mol. The Balaban J connectivity index is 1.18. The standard InChI is InChI=1S/C22H26N4O2S3/c1-29-20-25-21(31-26-20)30-12-18(27)23-16-3-2-4-17(8-16)24-19(28)22-9-13-5-14(10-22)7-15(6-13)11-22/h2-4,8,13-15H,5-7,9-12H2,1H3,(H,23,27)(H,24,28). The van der Waals surface area contributed by atoms with Crippen LogP contribution in [0.3, 0.4) is 0 Å². The molecule has 6 nitrogen and oxygen atoms in total. The molecule has 4 fully saturated rings. The van der Waals surface area contributed by atoms with Gasteiger partial charge in [0.25, 0.3) is 0 Å². The second-order valence-corrected chi connectivity index (χ2v) is 11.9. The zero-order valence-electron chi connectivity index (χ0n) is 17.4. The Hall–Kier alpha value is -1.58. The number of thioether (sulfide) groups is 2. The fourth-order valence-corrected chi connectivity index (χ4v) is 8.00. The quantitative estimate of drug-likeness (QED) is 0.540. The lowest BCUT2D eigenvalue weighted by molar-refractivity contribution is -0.140. The Morgan fingerprint density at radius 1 is 1.10 bits per heavy atom. The zero-order valence-corrected chi connectivity index (χ0v) is 19.9. The van der Waals surface area contributed by atoms with Gasteiger partial charge in [-0.2, -0.15) is 4.37 Å². The van der Waals surface area contributed by atoms with E-state index in [-0.39, 0.29) is 23.0 Å². The molecule has 4 saturated carbocycles. The largest absolute Gasteiger partial charge is 0.326 e. The smallest absolute Gasteiger partial charge is 0.234 e. The van der Waals surface area contributed by atoms with Crippen molar-refractivity contribution in [3.63, 3.8) is 0 Å². The van der Waals surface area contributed by atoms with Crippen LogP contribution in [0.2, 0.25) is 0 Å². The first kappa shape index (κ1) is 21.3. The highest BCUT2D eigenvalue weighted by molar-refractivity contribution is 8.01. The maximum Gasteiger partial charge on any atom is 0.234 e. The van der Waals surface area contributed by atoms with Gasteiger partial charge in [-0.05, 0) is 92.3 Å². The number of hydrogen-bond acceptors (Lipinski definition) is 7. The predicted molar refractivity (Wildman–Crippen MR) is 127 cm³/mol. The minimum absolute atomic E-state index is 0.101. The van der Waals surface area contributed by atoms with Crippen molar-refractivity contribution in [2.75, 3.05) is 22.6 Å². The van der Waals surface area contributed by atoms with Crippen molar-refractivity contribution in [3.8, 4) is 0 Å². The van der Waals surface area contributed by atoms with Gasteiger partial charge >= 0.3 is 0 Å². The van der Waals surface area contributed by atoms with E-state index in [1.165, 1.54) is 54.3 Å². The number of hydrogen-bond donors (Lipinski definition) is 2. The van der Waals surface area contributed by atoms with Crippen LogP contribution >= 0.6 is 35.1 Å². The molecule has 0 aliphatic heterocycles. The number of carbonyl (C=O) groups excluding carboxylic acids is 2. The van der Waals surface area contributed by atoms with Gasteiger partial charge in [0.15, 0.2) is 4.34 Å². The third-order valence-electron chi connectivity index (χ3n) is 6.82. The number of benzene rings is 1. The van der Waals surface area contributed by atoms with E-state index in [1.807, 2.05) is 30.5 Å². The highest BCUT2D eigenvalue weighted by Gasteiger charge is 2.54. The fraction of sp³-hybridized carbons (Fsp3) is 0.545. The van der Waals surface area contributed by atoms with Crippen molar-refractivity contribution in [3.05, 3.63) is 24.3 Å². The third-order valence-corrected chi connectivity index (χ3v) is 9.32. The minimum atomic E-state index is -0.179. The highest BCUT2D eigenvalue weighted by Crippen LogP contribution is 2.60. The Bertz CT molecular complexity index is 957. The molecule has 0 radical (unpaired) electrons. The molecule has 2 aromatic rings. The molecule has 0 saturated heterocycles. The molecule has 0 unspecified atom stereocenters. The van der Waals surface area contributed by atoms with Gasteiger partial charge in [-0.3, -0.25) is 9.59 Å². The van der Waals surface area contributed by atoms with Crippen LogP contribution in [-0.2, 0) is 9.59 Å². The van der Waals surface area contributed by atoms with Gasteiger partial charge < -0.3 is 10.6 Å². The minimum Gasteiger partial charge on any atom is -0.326 e. The van der Waals surface area contributed by atoms with E-state index in [0.29, 0.717) is 5.69 Å². The molecule has 0 atom stereocenters. The first-order chi connectivity index (χ1) is 15.0. The molecule has 0 spiro atoms. The van der Waals surface area contributed by atoms with Crippen molar-refractivity contribution >= 4 is 58.2 Å². The van der Waals surface area contributed by atoms with Crippen LogP contribution in [0.25, 0.3) is 0 Å². The Morgan fingerprint density at radius 2 is 1.74 bits per heavy atom. The van der Waals surface area contributed by atoms with Crippen LogP contribution in [0, 0.1) is 23.2 Å². The first-order valence-electron chi connectivity index (χ1n) is 10.7. The van der Waals surface area contributed by atoms with Gasteiger partial charge in [0.2, 0.25) is 17.0 Å². The Morgan fingerprint density at radius 3 is 2.35 bits per heavy atom. The topological polar surface area (TPSA) is 84.0 Å². The van der Waals surface area contributed by atoms with Gasteiger partial charge in [0.05, 0.1) is 11.2 Å². The van der Waals surface area contributed by atoms with Crippen LogP contribution in [0.15, 0.2) is 33.8 Å². The average Bonchev–Trinajstić information content (AvgIpc) is 3.20. The lowest BCUT2D eigenvalue weighted by Crippen LogP contribution is -2.51. The summed E-state index contributed by atoms with van der Waals surface area (Å²) >= 11 is 4.18. The van der Waals surface area contributed by atoms with E-state index in [4.69, 9.17) is 0 Å². The fourth-order valence-electron chi connectivity index (χ4n) is 5.99. The summed E-state index contributed by atoms with van der Waals surface area (Å²) in [6.45, 7) is 0. The molecule has 1 aromatic heterocycles. The summed E-state index contributed by atoms with van der Waals surface area (Å²) in [5.41, 5.74) is 1.26. The van der Waals surface area contributed by atoms with Gasteiger partial charge in [0.1, 0.15) is 0 Å². The van der Waals surface area contributed by atoms with Crippen molar-refractivity contribution in [2.24, 2.45) is 23.2 Å². The molecule has 31 heavy (non-hydrogen) atoms. The zero-order chi connectivity index (χ0) is 21.4. The van der Waals surface area contributed by atoms with Crippen molar-refractivity contribution in [2.45, 2.75) is 48.0 Å². The van der Waals surface area contributed by atoms with Gasteiger partial charge in [-0.25, -0.2) is 4.98 Å². The molecule has 4 bridgehead atoms. The molecule has 9 heteroatoms. The highest BCUT2D eigenvalue weighted by atomic mass is 32.2. The maximum absolute atomic E-state index is 13.3. The number of anilines is 2. The van der Waals surface area contributed by atoms with Crippen molar-refractivity contribution in [1.82, 2.24) is 9.36 Å². The number of carbonyl (C=O) groups is 2. The predicted octanol–water partition coefficient (Wildman–Crippen LogP) is 5.15. The van der Waals surface area contributed by atoms with Gasteiger partial charge in [-0.15, -0.1) is 0 Å². The van der Waals surface area contributed by atoms with Crippen LogP contribution in [0.5, 0.6) is 0 Å². The molecule has 2 N–H and O–H groups in total. The van der Waals surface area contributed by atoms with E-state index in [9.17, 15) is 9.59 Å². The normalized spacial score (nSPS) is 28.5. The van der Waals surface area contributed by atoms with Crippen molar-refractivity contribution in [1.29, 1.82) is 0 Å². The molecule has 1 aromatic carbocycles. The van der Waals surface area contributed by atoms with Crippen LogP contribution in [0.1, 0.15) is 38.5 Å². The molecule has 2 amide bonds. The van der Waals surface area contributed by atoms with Crippen LogP contribution in [0.4, 0.5) is 11.4 Å². The first-order valence-corrected chi connectivity index (χ1v) is 13.7. The van der Waals surface area contributed by atoms with Crippen LogP contribution < -0.4 is 10.6 Å². The molecule has 6 rings (SSSR count). The summed E-state index contributed by atoms with van der Waals surface area (Å²) in [5, 5.41) is 6.82. The SMILES string of the molecule is CSc1nsc(SCC(=O)Nc2cccc(NC(=O)C34CC5CC(CC(C5)C3)C4)c2)n1. The van der Waals surface area contributed by atoms with E-state index < -0.39 is 0 Å². The Kier molecular flexibility index (Phi) is 6.00. The van der Waals surface area contributed by atoms with Crippen LogP contribution in [-0.4, -0.2) is 33.2 Å². The number of aromatic nitrogens is 2. The van der Waals surface area contributed by atoms with E-state index in [0.717, 1.165) is 52.2 Å². The summed E-state index contributed by atoms with van der Waals surface area (Å²) < 4.78 is 4.99. The molecule has 164 valence electrons. The molecule has 4 aliphatic rings. The second kappa shape index (κ2) is 8.75. The molecular weight excluding hydrogens is 448 g/mol. The number of amides is 2. The van der Waals surface area contributed by atoms with Gasteiger partial charge in [0, 0.05) is 11.4 Å². The van der Waals surface area contributed by atoms with Gasteiger partial charge in [-0.1, -0.05) is 29.6 Å². The summed E-state index contributed by atoms with van der Waals surface area (Å²) in [4.78, 5) is 30.0. The van der Waals surface area contributed by atoms with E-state index in [1.54, 1.807) is 0 Å². The average molecular weight is 475 g/mol. The number of nitrogens with one attached hydrogen (secondary N) is 2. The Labute approximate surface area is 194 Å². The van der Waals surface area contributed by atoms with Crippen molar-refractivity contribution < 1.29 is 9.59 Å². The summed E-state index contributed by atoms with van der Waals surface area (Å²) in [6, 6.07) is 7.46.